The summed E-state index contributed by atoms with van der Waals surface area (Å²) in [5.74, 6) is 1.33. The summed E-state index contributed by atoms with van der Waals surface area (Å²) < 4.78 is 16.0. The molecular weight excluding hydrogens is 298 g/mol. The third kappa shape index (κ3) is 3.98. The fourth-order valence-corrected chi connectivity index (χ4v) is 2.90. The van der Waals surface area contributed by atoms with Gasteiger partial charge in [-0.1, -0.05) is 6.42 Å². The highest BCUT2D eigenvalue weighted by Crippen LogP contribution is 2.24. The van der Waals surface area contributed by atoms with Gasteiger partial charge in [-0.05, 0) is 38.4 Å². The summed E-state index contributed by atoms with van der Waals surface area (Å²) in [7, 11) is 0. The Kier molecular flexibility index (Phi) is 5.07. The molecule has 1 saturated heterocycles. The van der Waals surface area contributed by atoms with Crippen LogP contribution in [-0.4, -0.2) is 40.3 Å². The van der Waals surface area contributed by atoms with Gasteiger partial charge < -0.3 is 13.6 Å². The molecule has 2 aromatic heterocycles. The number of hydrogen-bond donors (Lipinski definition) is 0. The van der Waals surface area contributed by atoms with E-state index in [0.29, 0.717) is 37.1 Å². The lowest BCUT2D eigenvalue weighted by Crippen LogP contribution is -2.40. The van der Waals surface area contributed by atoms with E-state index < -0.39 is 0 Å². The van der Waals surface area contributed by atoms with Crippen molar-refractivity contribution < 1.29 is 18.4 Å². The molecule has 1 fully saturated rings. The van der Waals surface area contributed by atoms with Gasteiger partial charge in [0.15, 0.2) is 5.76 Å². The molecule has 0 saturated carbocycles. The maximum absolute atomic E-state index is 11.8. The third-order valence-electron chi connectivity index (χ3n) is 3.99. The van der Waals surface area contributed by atoms with E-state index in [1.165, 1.54) is 0 Å². The highest BCUT2D eigenvalue weighted by Gasteiger charge is 2.27. The van der Waals surface area contributed by atoms with Gasteiger partial charge in [0.1, 0.15) is 0 Å². The van der Waals surface area contributed by atoms with Gasteiger partial charge in [0, 0.05) is 6.04 Å². The fourth-order valence-electron chi connectivity index (χ4n) is 2.90. The summed E-state index contributed by atoms with van der Waals surface area (Å²) >= 11 is 0. The molecular formula is C16H21N3O4. The Balaban J connectivity index is 1.63. The van der Waals surface area contributed by atoms with Crippen LogP contribution in [0.4, 0.5) is 0 Å². The molecule has 2 aromatic rings. The minimum Gasteiger partial charge on any atom is -0.466 e. The lowest BCUT2D eigenvalue weighted by atomic mass is 9.99. The van der Waals surface area contributed by atoms with E-state index in [4.69, 9.17) is 13.6 Å². The van der Waals surface area contributed by atoms with Crippen molar-refractivity contribution in [2.24, 2.45) is 0 Å². The predicted molar refractivity (Wildman–Crippen MR) is 81.3 cm³/mol. The molecule has 1 aliphatic heterocycles. The van der Waals surface area contributed by atoms with Crippen molar-refractivity contribution in [3.05, 3.63) is 24.3 Å². The molecule has 7 heteroatoms. The van der Waals surface area contributed by atoms with Crippen molar-refractivity contribution in [2.75, 3.05) is 13.2 Å². The number of carbonyl (C=O) groups excluding carboxylic acids is 1. The molecule has 7 nitrogen and oxygen atoms in total. The Bertz CT molecular complexity index is 623. The Labute approximate surface area is 134 Å². The summed E-state index contributed by atoms with van der Waals surface area (Å²) in [6.45, 7) is 3.70. The molecule has 0 aromatic carbocycles. The van der Waals surface area contributed by atoms with E-state index in [1.54, 1.807) is 18.4 Å². The van der Waals surface area contributed by atoms with E-state index in [9.17, 15) is 4.79 Å². The first-order valence-corrected chi connectivity index (χ1v) is 8.02. The number of aromatic nitrogens is 2. The third-order valence-corrected chi connectivity index (χ3v) is 3.99. The van der Waals surface area contributed by atoms with Crippen LogP contribution in [0, 0.1) is 0 Å². The van der Waals surface area contributed by atoms with Gasteiger partial charge >= 0.3 is 5.97 Å². The van der Waals surface area contributed by atoms with E-state index >= 15 is 0 Å². The van der Waals surface area contributed by atoms with Gasteiger partial charge in [0.25, 0.3) is 5.89 Å². The number of furan rings is 1. The van der Waals surface area contributed by atoms with Gasteiger partial charge in [-0.2, -0.15) is 0 Å². The van der Waals surface area contributed by atoms with Crippen molar-refractivity contribution >= 4 is 5.97 Å². The quantitative estimate of drug-likeness (QED) is 0.757. The Morgan fingerprint density at radius 1 is 1.43 bits per heavy atom. The van der Waals surface area contributed by atoms with Crippen molar-refractivity contribution in [3.63, 3.8) is 0 Å². The first-order valence-electron chi connectivity index (χ1n) is 8.02. The van der Waals surface area contributed by atoms with Crippen LogP contribution >= 0.6 is 0 Å². The SMILES string of the molecule is CCOC(=O)C[C@H]1CCCCN1Cc1nnc(-c2ccco2)o1. The first-order chi connectivity index (χ1) is 11.3. The normalized spacial score (nSPS) is 18.9. The summed E-state index contributed by atoms with van der Waals surface area (Å²) in [6, 6.07) is 3.72. The molecule has 3 heterocycles. The first kappa shape index (κ1) is 15.7. The topological polar surface area (TPSA) is 81.6 Å². The van der Waals surface area contributed by atoms with E-state index in [0.717, 1.165) is 25.8 Å². The molecule has 0 radical (unpaired) electrons. The molecule has 0 amide bonds. The minimum absolute atomic E-state index is 0.147. The van der Waals surface area contributed by atoms with Crippen LogP contribution in [0.5, 0.6) is 0 Å². The zero-order valence-corrected chi connectivity index (χ0v) is 13.2. The van der Waals surface area contributed by atoms with E-state index in [-0.39, 0.29) is 12.0 Å². The molecule has 1 aliphatic rings. The lowest BCUT2D eigenvalue weighted by molar-refractivity contribution is -0.145. The molecule has 0 unspecified atom stereocenters. The van der Waals surface area contributed by atoms with Gasteiger partial charge in [0.2, 0.25) is 5.89 Å². The summed E-state index contributed by atoms with van der Waals surface area (Å²) in [5, 5.41) is 8.09. The smallest absolute Gasteiger partial charge is 0.307 e. The monoisotopic (exact) mass is 319 g/mol. The van der Waals surface area contributed by atoms with Crippen molar-refractivity contribution in [1.29, 1.82) is 0 Å². The number of esters is 1. The van der Waals surface area contributed by atoms with Crippen LogP contribution in [0.2, 0.25) is 0 Å². The second-order valence-electron chi connectivity index (χ2n) is 5.61. The Hall–Kier alpha value is -2.15. The number of ether oxygens (including phenoxy) is 1. The van der Waals surface area contributed by atoms with Crippen molar-refractivity contribution in [3.8, 4) is 11.7 Å². The Morgan fingerprint density at radius 3 is 3.13 bits per heavy atom. The molecule has 124 valence electrons. The van der Waals surface area contributed by atoms with Crippen LogP contribution in [0.15, 0.2) is 27.2 Å². The van der Waals surface area contributed by atoms with Gasteiger partial charge in [-0.3, -0.25) is 9.69 Å². The predicted octanol–water partition coefficient (Wildman–Crippen LogP) is 2.64. The van der Waals surface area contributed by atoms with Crippen molar-refractivity contribution in [1.82, 2.24) is 15.1 Å². The molecule has 0 aliphatic carbocycles. The minimum atomic E-state index is -0.147. The van der Waals surface area contributed by atoms with Crippen LogP contribution in [-0.2, 0) is 16.1 Å². The maximum atomic E-state index is 11.8. The van der Waals surface area contributed by atoms with E-state index in [2.05, 4.69) is 15.1 Å². The number of nitrogens with zero attached hydrogens (tertiary/aromatic N) is 3. The average molecular weight is 319 g/mol. The summed E-state index contributed by atoms with van der Waals surface area (Å²) in [4.78, 5) is 14.0. The largest absolute Gasteiger partial charge is 0.466 e. The van der Waals surface area contributed by atoms with E-state index in [1.807, 2.05) is 6.92 Å². The van der Waals surface area contributed by atoms with Gasteiger partial charge in [-0.25, -0.2) is 0 Å². The maximum Gasteiger partial charge on any atom is 0.307 e. The zero-order chi connectivity index (χ0) is 16.1. The number of likely N-dealkylation sites (tertiary alicyclic amines) is 1. The van der Waals surface area contributed by atoms with Crippen LogP contribution in [0.25, 0.3) is 11.7 Å². The van der Waals surface area contributed by atoms with Crippen LogP contribution < -0.4 is 0 Å². The van der Waals surface area contributed by atoms with Crippen molar-refractivity contribution in [2.45, 2.75) is 45.2 Å². The molecule has 3 rings (SSSR count). The molecule has 0 N–H and O–H groups in total. The van der Waals surface area contributed by atoms with Gasteiger partial charge in [0.05, 0.1) is 25.8 Å². The molecule has 0 spiro atoms. The fraction of sp³-hybridized carbons (Fsp3) is 0.562. The second kappa shape index (κ2) is 7.41. The number of rotatable bonds is 6. The molecule has 1 atom stereocenters. The standard InChI is InChI=1S/C16H21N3O4/c1-2-21-15(20)10-12-6-3-4-8-19(12)11-14-17-18-16(23-14)13-7-5-9-22-13/h5,7,9,12H,2-4,6,8,10-11H2,1H3/t12-/m1/s1. The number of carbonyl (C=O) groups is 1. The highest BCUT2D eigenvalue weighted by atomic mass is 16.5. The van der Waals surface area contributed by atoms with Crippen LogP contribution in [0.1, 0.15) is 38.5 Å². The Morgan fingerprint density at radius 2 is 2.35 bits per heavy atom. The lowest BCUT2D eigenvalue weighted by Gasteiger charge is -2.34. The summed E-state index contributed by atoms with van der Waals surface area (Å²) in [5.41, 5.74) is 0. The number of piperidine rings is 1. The van der Waals surface area contributed by atoms with Gasteiger partial charge in [-0.15, -0.1) is 10.2 Å². The second-order valence-corrected chi connectivity index (χ2v) is 5.61. The molecule has 23 heavy (non-hydrogen) atoms. The zero-order valence-electron chi connectivity index (χ0n) is 13.2. The highest BCUT2D eigenvalue weighted by molar-refractivity contribution is 5.70. The average Bonchev–Trinajstić information content (AvgIpc) is 3.20. The molecule has 0 bridgehead atoms. The summed E-state index contributed by atoms with van der Waals surface area (Å²) in [6.07, 6.45) is 5.20. The van der Waals surface area contributed by atoms with Crippen LogP contribution in [0.3, 0.4) is 0 Å². The number of hydrogen-bond acceptors (Lipinski definition) is 7.